The van der Waals surface area contributed by atoms with Crippen molar-refractivity contribution in [3.63, 3.8) is 0 Å². The van der Waals surface area contributed by atoms with Gasteiger partial charge in [-0.2, -0.15) is 0 Å². The Kier molecular flexibility index (Phi) is 11.4. The van der Waals surface area contributed by atoms with Crippen LogP contribution in [0.5, 0.6) is 11.5 Å². The van der Waals surface area contributed by atoms with Crippen LogP contribution in [-0.2, 0) is 14.3 Å². The van der Waals surface area contributed by atoms with Crippen LogP contribution in [0.15, 0.2) is 52.5 Å². The lowest BCUT2D eigenvalue weighted by Gasteiger charge is -2.29. The normalized spacial score (nSPS) is 15.0. The van der Waals surface area contributed by atoms with Crippen molar-refractivity contribution in [1.29, 1.82) is 0 Å². The summed E-state index contributed by atoms with van der Waals surface area (Å²) in [5, 5.41) is 13.2. The highest BCUT2D eigenvalue weighted by molar-refractivity contribution is 7.80. The van der Waals surface area contributed by atoms with Crippen LogP contribution in [0.1, 0.15) is 34.6 Å². The number of hydrogen-bond acceptors (Lipinski definition) is 8. The Hall–Kier alpha value is -3.07. The number of carbonyl (C=O) groups is 1. The smallest absolute Gasteiger partial charge is 0.328 e. The third kappa shape index (κ3) is 8.09. The maximum atomic E-state index is 12.8. The molecule has 33 heavy (non-hydrogen) atoms. The molecule has 9 heteroatoms. The van der Waals surface area contributed by atoms with Crippen molar-refractivity contribution >= 4 is 29.9 Å². The summed E-state index contributed by atoms with van der Waals surface area (Å²) in [5.74, 6) is 0.725. The SMILES string of the molecule is C=N/C(C(=S)N[C@@H](C)C(=O)O[C@H](C(C)C)[C@H](C)Oc1ccc(OC)cc1)=C(O)\C(=C/C)OC. The van der Waals surface area contributed by atoms with Gasteiger partial charge >= 0.3 is 5.97 Å². The van der Waals surface area contributed by atoms with Gasteiger partial charge in [0.2, 0.25) is 0 Å². The first-order valence-corrected chi connectivity index (χ1v) is 10.9. The minimum atomic E-state index is -0.812. The van der Waals surface area contributed by atoms with Crippen molar-refractivity contribution < 1.29 is 28.8 Å². The van der Waals surface area contributed by atoms with Gasteiger partial charge in [0.15, 0.2) is 11.5 Å². The Bertz CT molecular complexity index is 879. The zero-order valence-electron chi connectivity index (χ0n) is 20.2. The van der Waals surface area contributed by atoms with Crippen LogP contribution >= 0.6 is 12.2 Å². The molecule has 0 aromatic heterocycles. The fourth-order valence-corrected chi connectivity index (χ4v) is 3.33. The van der Waals surface area contributed by atoms with Crippen molar-refractivity contribution in [2.45, 2.75) is 52.9 Å². The molecule has 182 valence electrons. The van der Waals surface area contributed by atoms with Crippen molar-refractivity contribution in [2.24, 2.45) is 10.9 Å². The molecule has 0 saturated heterocycles. The second-order valence-corrected chi connectivity index (χ2v) is 7.96. The first kappa shape index (κ1) is 28.0. The quantitative estimate of drug-likeness (QED) is 0.114. The number of nitrogens with one attached hydrogen (secondary N) is 1. The molecule has 0 heterocycles. The predicted molar refractivity (Wildman–Crippen MR) is 133 cm³/mol. The molecule has 0 fully saturated rings. The molecule has 8 nitrogen and oxygen atoms in total. The number of ether oxygens (including phenoxy) is 4. The Labute approximate surface area is 201 Å². The largest absolute Gasteiger partial charge is 0.503 e. The molecule has 0 saturated carbocycles. The molecule has 3 atom stereocenters. The summed E-state index contributed by atoms with van der Waals surface area (Å²) < 4.78 is 22.0. The molecule has 0 spiro atoms. The van der Waals surface area contributed by atoms with E-state index in [-0.39, 0.29) is 28.1 Å². The lowest BCUT2D eigenvalue weighted by molar-refractivity contribution is -0.158. The zero-order chi connectivity index (χ0) is 25.1. The van der Waals surface area contributed by atoms with Crippen molar-refractivity contribution in [1.82, 2.24) is 5.32 Å². The first-order valence-electron chi connectivity index (χ1n) is 10.5. The summed E-state index contributed by atoms with van der Waals surface area (Å²) in [7, 11) is 3.00. The van der Waals surface area contributed by atoms with Gasteiger partial charge in [-0.25, -0.2) is 4.79 Å². The van der Waals surface area contributed by atoms with E-state index in [0.29, 0.717) is 5.75 Å². The average Bonchev–Trinajstić information content (AvgIpc) is 2.78. The number of aliphatic hydroxyl groups is 1. The monoisotopic (exact) mass is 478 g/mol. The number of esters is 1. The van der Waals surface area contributed by atoms with E-state index in [1.807, 2.05) is 20.8 Å². The Morgan fingerprint density at radius 1 is 1.15 bits per heavy atom. The number of benzene rings is 1. The number of methoxy groups -OCH3 is 2. The summed E-state index contributed by atoms with van der Waals surface area (Å²) in [6.45, 7) is 12.5. The molecular formula is C24H34N2O6S. The summed E-state index contributed by atoms with van der Waals surface area (Å²) in [6, 6.07) is 6.36. The van der Waals surface area contributed by atoms with Crippen LogP contribution in [0, 0.1) is 5.92 Å². The number of aliphatic hydroxyl groups excluding tert-OH is 1. The number of allylic oxidation sites excluding steroid dienone is 1. The number of aliphatic imine (C=N–C) groups is 1. The maximum Gasteiger partial charge on any atom is 0.328 e. The average molecular weight is 479 g/mol. The fraction of sp³-hybridized carbons (Fsp3) is 0.458. The third-order valence-electron chi connectivity index (χ3n) is 4.77. The first-order chi connectivity index (χ1) is 15.6. The van der Waals surface area contributed by atoms with E-state index < -0.39 is 24.2 Å². The van der Waals surface area contributed by atoms with Gasteiger partial charge in [0.05, 0.1) is 14.2 Å². The second kappa shape index (κ2) is 13.5. The standard InChI is InChI=1S/C24H34N2O6S/c1-9-19(30-8)21(27)20(25-6)23(33)26-15(4)24(28)32-22(14(2)3)16(5)31-18-12-10-17(29-7)11-13-18/h9-16,22,27H,6H2,1-5,7-8H3,(H,26,33)/b19-9+,21-20+/t15-,16-,22+/m0/s1. The van der Waals surface area contributed by atoms with Gasteiger partial charge < -0.3 is 29.4 Å². The van der Waals surface area contributed by atoms with Gasteiger partial charge in [-0.1, -0.05) is 26.1 Å². The molecule has 0 aliphatic carbocycles. The molecule has 1 aromatic carbocycles. The second-order valence-electron chi connectivity index (χ2n) is 7.55. The van der Waals surface area contributed by atoms with Crippen LogP contribution in [0.25, 0.3) is 0 Å². The highest BCUT2D eigenvalue weighted by Crippen LogP contribution is 2.22. The van der Waals surface area contributed by atoms with Crippen molar-refractivity contribution in [3.8, 4) is 11.5 Å². The number of rotatable bonds is 12. The van der Waals surface area contributed by atoms with Gasteiger partial charge in [-0.05, 0) is 63.7 Å². The molecule has 0 bridgehead atoms. The zero-order valence-corrected chi connectivity index (χ0v) is 21.1. The lowest BCUT2D eigenvalue weighted by Crippen LogP contribution is -2.44. The summed E-state index contributed by atoms with van der Waals surface area (Å²) in [5.41, 5.74) is -0.00350. The van der Waals surface area contributed by atoms with Crippen LogP contribution in [0.3, 0.4) is 0 Å². The van der Waals surface area contributed by atoms with Crippen LogP contribution in [0.2, 0.25) is 0 Å². The summed E-state index contributed by atoms with van der Waals surface area (Å²) in [6.07, 6.45) is 0.634. The van der Waals surface area contributed by atoms with Crippen LogP contribution in [-0.4, -0.2) is 55.3 Å². The predicted octanol–water partition coefficient (Wildman–Crippen LogP) is 4.36. The van der Waals surface area contributed by atoms with Gasteiger partial charge in [0.1, 0.15) is 40.4 Å². The summed E-state index contributed by atoms with van der Waals surface area (Å²) >= 11 is 5.30. The van der Waals surface area contributed by atoms with E-state index in [2.05, 4.69) is 17.0 Å². The lowest BCUT2D eigenvalue weighted by atomic mass is 10.0. The Morgan fingerprint density at radius 3 is 2.18 bits per heavy atom. The van der Waals surface area contributed by atoms with E-state index in [4.69, 9.17) is 31.2 Å². The van der Waals surface area contributed by atoms with Gasteiger partial charge in [0, 0.05) is 0 Å². The topological polar surface area (TPSA) is 98.6 Å². The molecule has 0 unspecified atom stereocenters. The fourth-order valence-electron chi connectivity index (χ4n) is 2.99. The molecular weight excluding hydrogens is 444 g/mol. The number of hydrogen-bond donors (Lipinski definition) is 2. The van der Waals surface area contributed by atoms with Gasteiger partial charge in [-0.3, -0.25) is 4.99 Å². The molecule has 0 aliphatic rings. The van der Waals surface area contributed by atoms with Gasteiger partial charge in [-0.15, -0.1) is 0 Å². The highest BCUT2D eigenvalue weighted by Gasteiger charge is 2.29. The molecule has 1 rings (SSSR count). The van der Waals surface area contributed by atoms with E-state index in [1.54, 1.807) is 51.3 Å². The van der Waals surface area contributed by atoms with E-state index in [0.717, 1.165) is 5.75 Å². The van der Waals surface area contributed by atoms with E-state index in [1.165, 1.54) is 7.11 Å². The van der Waals surface area contributed by atoms with Crippen LogP contribution < -0.4 is 14.8 Å². The summed E-state index contributed by atoms with van der Waals surface area (Å²) in [4.78, 5) is 16.6. The number of thiocarbonyl (C=S) groups is 1. The third-order valence-corrected chi connectivity index (χ3v) is 5.08. The number of nitrogens with zero attached hydrogens (tertiary/aromatic N) is 1. The molecule has 0 radical (unpaired) electrons. The molecule has 0 aliphatic heterocycles. The number of carbonyl (C=O) groups excluding carboxylic acids is 1. The van der Waals surface area contributed by atoms with Gasteiger partial charge in [0.25, 0.3) is 0 Å². The molecule has 2 N–H and O–H groups in total. The Morgan fingerprint density at radius 2 is 1.73 bits per heavy atom. The van der Waals surface area contributed by atoms with E-state index in [9.17, 15) is 9.90 Å². The van der Waals surface area contributed by atoms with Crippen LogP contribution in [0.4, 0.5) is 0 Å². The highest BCUT2D eigenvalue weighted by atomic mass is 32.1. The van der Waals surface area contributed by atoms with E-state index >= 15 is 0 Å². The van der Waals surface area contributed by atoms with Crippen molar-refractivity contribution in [2.75, 3.05) is 14.2 Å². The Balaban J connectivity index is 2.88. The maximum absolute atomic E-state index is 12.8. The molecule has 1 aromatic rings. The molecule has 0 amide bonds. The minimum Gasteiger partial charge on any atom is -0.503 e. The van der Waals surface area contributed by atoms with Crippen molar-refractivity contribution in [3.05, 3.63) is 47.6 Å². The minimum absolute atomic E-state index is 0.00350.